The fourth-order valence-electron chi connectivity index (χ4n) is 1.22. The highest BCUT2D eigenvalue weighted by Gasteiger charge is 1.97. The number of halogens is 1. The maximum absolute atomic E-state index is 12.9. The van der Waals surface area contributed by atoms with Crippen molar-refractivity contribution in [1.82, 2.24) is 14.5 Å². The van der Waals surface area contributed by atoms with Crippen molar-refractivity contribution < 1.29 is 4.39 Å². The van der Waals surface area contributed by atoms with Crippen molar-refractivity contribution in [3.05, 3.63) is 48.1 Å². The molecule has 2 heterocycles. The lowest BCUT2D eigenvalue weighted by Gasteiger charge is -1.95. The zero-order chi connectivity index (χ0) is 11.4. The highest BCUT2D eigenvalue weighted by atomic mass is 19.1. The van der Waals surface area contributed by atoms with Gasteiger partial charge in [0.05, 0.1) is 18.6 Å². The van der Waals surface area contributed by atoms with E-state index in [1.807, 2.05) is 10.8 Å². The second-order valence-electron chi connectivity index (χ2n) is 3.30. The SMILES string of the molecule is Cc1nc(C#CCn2ccnc2)ccc1F. The van der Waals surface area contributed by atoms with Crippen molar-refractivity contribution in [2.75, 3.05) is 0 Å². The van der Waals surface area contributed by atoms with Crippen LogP contribution in [0.2, 0.25) is 0 Å². The molecule has 0 atom stereocenters. The zero-order valence-corrected chi connectivity index (χ0v) is 8.81. The lowest BCUT2D eigenvalue weighted by molar-refractivity contribution is 0.609. The van der Waals surface area contributed by atoms with E-state index in [1.165, 1.54) is 6.07 Å². The first-order valence-corrected chi connectivity index (χ1v) is 4.83. The molecule has 0 saturated heterocycles. The Hall–Kier alpha value is -2.15. The van der Waals surface area contributed by atoms with Gasteiger partial charge >= 0.3 is 0 Å². The molecule has 0 saturated carbocycles. The van der Waals surface area contributed by atoms with Crippen molar-refractivity contribution in [3.63, 3.8) is 0 Å². The van der Waals surface area contributed by atoms with E-state index in [1.54, 1.807) is 25.5 Å². The summed E-state index contributed by atoms with van der Waals surface area (Å²) in [5, 5.41) is 0. The van der Waals surface area contributed by atoms with Gasteiger partial charge in [-0.25, -0.2) is 14.4 Å². The van der Waals surface area contributed by atoms with E-state index in [2.05, 4.69) is 21.8 Å². The van der Waals surface area contributed by atoms with Gasteiger partial charge in [-0.3, -0.25) is 0 Å². The fraction of sp³-hybridized carbons (Fsp3) is 0.167. The molecular weight excluding hydrogens is 205 g/mol. The Morgan fingerprint density at radius 2 is 2.31 bits per heavy atom. The molecule has 2 rings (SSSR count). The van der Waals surface area contributed by atoms with Crippen LogP contribution < -0.4 is 0 Å². The molecule has 0 bridgehead atoms. The number of rotatable bonds is 1. The molecule has 2 aromatic rings. The van der Waals surface area contributed by atoms with Crippen molar-refractivity contribution >= 4 is 0 Å². The number of hydrogen-bond acceptors (Lipinski definition) is 2. The molecule has 0 aliphatic rings. The van der Waals surface area contributed by atoms with Crippen molar-refractivity contribution in [2.24, 2.45) is 0 Å². The monoisotopic (exact) mass is 215 g/mol. The van der Waals surface area contributed by atoms with Gasteiger partial charge in [0.25, 0.3) is 0 Å². The summed E-state index contributed by atoms with van der Waals surface area (Å²) in [6.07, 6.45) is 5.22. The third-order valence-electron chi connectivity index (χ3n) is 2.06. The fourth-order valence-corrected chi connectivity index (χ4v) is 1.22. The van der Waals surface area contributed by atoms with E-state index in [-0.39, 0.29) is 5.82 Å². The number of nitrogens with zero attached hydrogens (tertiary/aromatic N) is 3. The lowest BCUT2D eigenvalue weighted by atomic mass is 10.3. The summed E-state index contributed by atoms with van der Waals surface area (Å²) in [4.78, 5) is 7.92. The predicted octanol–water partition coefficient (Wildman–Crippen LogP) is 1.78. The number of aromatic nitrogens is 3. The van der Waals surface area contributed by atoms with Gasteiger partial charge in [0.2, 0.25) is 0 Å². The van der Waals surface area contributed by atoms with Crippen LogP contribution in [0.5, 0.6) is 0 Å². The molecule has 2 aromatic heterocycles. The summed E-state index contributed by atoms with van der Waals surface area (Å²) >= 11 is 0. The molecule has 0 N–H and O–H groups in total. The normalized spacial score (nSPS) is 9.62. The molecule has 0 unspecified atom stereocenters. The first-order chi connectivity index (χ1) is 7.75. The van der Waals surface area contributed by atoms with Crippen LogP contribution in [0.3, 0.4) is 0 Å². The third-order valence-corrected chi connectivity index (χ3v) is 2.06. The third kappa shape index (κ3) is 2.45. The molecule has 0 aromatic carbocycles. The average molecular weight is 215 g/mol. The van der Waals surface area contributed by atoms with Gasteiger partial charge in [-0.15, -0.1) is 0 Å². The Kier molecular flexibility index (Phi) is 2.97. The van der Waals surface area contributed by atoms with Gasteiger partial charge in [0.1, 0.15) is 11.5 Å². The Labute approximate surface area is 93.0 Å². The topological polar surface area (TPSA) is 30.7 Å². The molecule has 4 heteroatoms. The van der Waals surface area contributed by atoms with Crippen LogP contribution in [0.4, 0.5) is 4.39 Å². The van der Waals surface area contributed by atoms with Crippen LogP contribution in [0.25, 0.3) is 0 Å². The van der Waals surface area contributed by atoms with Gasteiger partial charge < -0.3 is 4.57 Å². The average Bonchev–Trinajstić information content (AvgIpc) is 2.76. The molecule has 0 aliphatic carbocycles. The van der Waals surface area contributed by atoms with Crippen LogP contribution >= 0.6 is 0 Å². The maximum atomic E-state index is 12.9. The molecule has 0 fully saturated rings. The minimum absolute atomic E-state index is 0.305. The summed E-state index contributed by atoms with van der Waals surface area (Å²) in [7, 11) is 0. The van der Waals surface area contributed by atoms with Gasteiger partial charge in [-0.05, 0) is 25.0 Å². The van der Waals surface area contributed by atoms with Gasteiger partial charge in [0, 0.05) is 12.4 Å². The van der Waals surface area contributed by atoms with E-state index in [9.17, 15) is 4.39 Å². The van der Waals surface area contributed by atoms with Crippen molar-refractivity contribution in [3.8, 4) is 11.8 Å². The van der Waals surface area contributed by atoms with Crippen molar-refractivity contribution in [1.29, 1.82) is 0 Å². The molecule has 3 nitrogen and oxygen atoms in total. The summed E-state index contributed by atoms with van der Waals surface area (Å²) in [5.41, 5.74) is 0.952. The van der Waals surface area contributed by atoms with E-state index < -0.39 is 0 Å². The summed E-state index contributed by atoms with van der Waals surface area (Å²) in [6.45, 7) is 2.18. The van der Waals surface area contributed by atoms with E-state index in [4.69, 9.17) is 0 Å². The van der Waals surface area contributed by atoms with Gasteiger partial charge in [-0.1, -0.05) is 5.92 Å². The standard InChI is InChI=1S/C12H10FN3/c1-10-12(13)5-4-11(15-10)3-2-7-16-8-6-14-9-16/h4-6,8-9H,7H2,1H3. The minimum Gasteiger partial charge on any atom is -0.326 e. The van der Waals surface area contributed by atoms with Crippen LogP contribution in [0, 0.1) is 24.6 Å². The molecule has 0 amide bonds. The minimum atomic E-state index is -0.305. The lowest BCUT2D eigenvalue weighted by Crippen LogP contribution is -1.92. The van der Waals surface area contributed by atoms with Crippen LogP contribution in [0.1, 0.15) is 11.4 Å². The number of imidazole rings is 1. The Morgan fingerprint density at radius 3 is 3.00 bits per heavy atom. The second-order valence-corrected chi connectivity index (χ2v) is 3.30. The molecule has 0 spiro atoms. The quantitative estimate of drug-likeness (QED) is 0.679. The second kappa shape index (κ2) is 4.58. The Balaban J connectivity index is 2.09. The summed E-state index contributed by atoms with van der Waals surface area (Å²) < 4.78 is 14.8. The first kappa shape index (κ1) is 10.4. The van der Waals surface area contributed by atoms with Crippen LogP contribution in [0.15, 0.2) is 30.9 Å². The molecule has 0 radical (unpaired) electrons. The summed E-state index contributed by atoms with van der Waals surface area (Å²) in [5.74, 6) is 5.51. The number of pyridine rings is 1. The summed E-state index contributed by atoms with van der Waals surface area (Å²) in [6, 6.07) is 2.95. The molecule has 0 aliphatic heterocycles. The van der Waals surface area contributed by atoms with Gasteiger partial charge in [-0.2, -0.15) is 0 Å². The number of hydrogen-bond donors (Lipinski definition) is 0. The zero-order valence-electron chi connectivity index (χ0n) is 8.81. The van der Waals surface area contributed by atoms with E-state index in [0.717, 1.165) is 0 Å². The predicted molar refractivity (Wildman–Crippen MR) is 58.0 cm³/mol. The highest BCUT2D eigenvalue weighted by molar-refractivity contribution is 5.28. The molecule has 16 heavy (non-hydrogen) atoms. The van der Waals surface area contributed by atoms with E-state index >= 15 is 0 Å². The number of aryl methyl sites for hydroxylation is 1. The highest BCUT2D eigenvalue weighted by Crippen LogP contribution is 2.03. The largest absolute Gasteiger partial charge is 0.326 e. The Bertz CT molecular complexity index is 535. The van der Waals surface area contributed by atoms with Crippen molar-refractivity contribution in [2.45, 2.75) is 13.5 Å². The Morgan fingerprint density at radius 1 is 1.44 bits per heavy atom. The van der Waals surface area contributed by atoms with Crippen LogP contribution in [-0.4, -0.2) is 14.5 Å². The van der Waals surface area contributed by atoms with E-state index in [0.29, 0.717) is 17.9 Å². The van der Waals surface area contributed by atoms with Gasteiger partial charge in [0.15, 0.2) is 0 Å². The maximum Gasteiger partial charge on any atom is 0.144 e. The smallest absolute Gasteiger partial charge is 0.144 e. The molecule has 80 valence electrons. The molecular formula is C12H10FN3. The van der Waals surface area contributed by atoms with Crippen LogP contribution in [-0.2, 0) is 6.54 Å². The first-order valence-electron chi connectivity index (χ1n) is 4.83.